The number of nitrogens with zero attached hydrogens (tertiary/aromatic N) is 3. The van der Waals surface area contributed by atoms with Crippen molar-refractivity contribution < 1.29 is 15.0 Å². The fourth-order valence-electron chi connectivity index (χ4n) is 3.43. The Balaban J connectivity index is 1.79. The SMILES string of the molecule is O=C(NC(c1ccccc1O)C(N=Cc1ccccc1O)c1ccccn1)c1ccccn1. The van der Waals surface area contributed by atoms with Gasteiger partial charge in [0.1, 0.15) is 23.2 Å². The Kier molecular flexibility index (Phi) is 6.70. The number of phenolic OH excluding ortho intramolecular Hbond substituents is 2. The molecule has 0 aliphatic rings. The first-order valence-electron chi connectivity index (χ1n) is 10.4. The van der Waals surface area contributed by atoms with E-state index in [0.717, 1.165) is 0 Å². The van der Waals surface area contributed by atoms with E-state index in [4.69, 9.17) is 4.99 Å². The van der Waals surface area contributed by atoms with Crippen LogP contribution in [0.25, 0.3) is 0 Å². The summed E-state index contributed by atoms with van der Waals surface area (Å²) in [5.74, 6) is -0.317. The van der Waals surface area contributed by atoms with Crippen LogP contribution < -0.4 is 5.32 Å². The third-order valence-corrected chi connectivity index (χ3v) is 5.07. The van der Waals surface area contributed by atoms with Gasteiger partial charge >= 0.3 is 0 Å². The fourth-order valence-corrected chi connectivity index (χ4v) is 3.43. The molecule has 4 rings (SSSR count). The van der Waals surface area contributed by atoms with Gasteiger partial charge in [0.05, 0.1) is 11.7 Å². The molecule has 33 heavy (non-hydrogen) atoms. The van der Waals surface area contributed by atoms with Crippen molar-refractivity contribution >= 4 is 12.1 Å². The molecule has 7 heteroatoms. The van der Waals surface area contributed by atoms with E-state index >= 15 is 0 Å². The van der Waals surface area contributed by atoms with Gasteiger partial charge in [-0.15, -0.1) is 0 Å². The molecule has 0 bridgehead atoms. The van der Waals surface area contributed by atoms with Gasteiger partial charge in [-0.1, -0.05) is 42.5 Å². The van der Waals surface area contributed by atoms with Gasteiger partial charge < -0.3 is 15.5 Å². The summed E-state index contributed by atoms with van der Waals surface area (Å²) < 4.78 is 0. The van der Waals surface area contributed by atoms with E-state index in [-0.39, 0.29) is 17.2 Å². The molecule has 2 aromatic carbocycles. The number of para-hydroxylation sites is 2. The van der Waals surface area contributed by atoms with Crippen LogP contribution in [0.5, 0.6) is 11.5 Å². The third kappa shape index (κ3) is 5.22. The van der Waals surface area contributed by atoms with Crippen molar-refractivity contribution in [1.29, 1.82) is 0 Å². The number of nitrogens with one attached hydrogen (secondary N) is 1. The Morgan fingerprint density at radius 3 is 2.15 bits per heavy atom. The molecule has 0 radical (unpaired) electrons. The van der Waals surface area contributed by atoms with Gasteiger partial charge in [0, 0.05) is 29.7 Å². The number of hydrogen-bond donors (Lipinski definition) is 3. The molecule has 0 aliphatic carbocycles. The highest BCUT2D eigenvalue weighted by Crippen LogP contribution is 2.36. The lowest BCUT2D eigenvalue weighted by Gasteiger charge is -2.26. The number of pyridine rings is 2. The lowest BCUT2D eigenvalue weighted by atomic mass is 9.95. The summed E-state index contributed by atoms with van der Waals surface area (Å²) in [5.41, 5.74) is 1.82. The van der Waals surface area contributed by atoms with Crippen LogP contribution >= 0.6 is 0 Å². The van der Waals surface area contributed by atoms with Gasteiger partial charge in [0.25, 0.3) is 5.91 Å². The topological polar surface area (TPSA) is 108 Å². The number of aromatic nitrogens is 2. The van der Waals surface area contributed by atoms with Crippen LogP contribution in [0.2, 0.25) is 0 Å². The highest BCUT2D eigenvalue weighted by Gasteiger charge is 2.29. The molecule has 0 saturated carbocycles. The van der Waals surface area contributed by atoms with Gasteiger partial charge in [-0.05, 0) is 42.5 Å². The van der Waals surface area contributed by atoms with Crippen LogP contribution in [-0.4, -0.2) is 32.3 Å². The molecule has 0 aliphatic heterocycles. The Morgan fingerprint density at radius 2 is 1.48 bits per heavy atom. The Labute approximate surface area is 191 Å². The van der Waals surface area contributed by atoms with E-state index in [1.54, 1.807) is 85.1 Å². The number of benzene rings is 2. The van der Waals surface area contributed by atoms with E-state index in [9.17, 15) is 15.0 Å². The number of aliphatic imine (C=N–C) groups is 1. The molecule has 2 unspecified atom stereocenters. The molecule has 7 nitrogen and oxygen atoms in total. The molecule has 0 spiro atoms. The van der Waals surface area contributed by atoms with Crippen LogP contribution in [0.3, 0.4) is 0 Å². The monoisotopic (exact) mass is 438 g/mol. The van der Waals surface area contributed by atoms with Gasteiger partial charge in [-0.25, -0.2) is 0 Å². The van der Waals surface area contributed by atoms with Crippen LogP contribution in [0.15, 0.2) is 102 Å². The summed E-state index contributed by atoms with van der Waals surface area (Å²) in [7, 11) is 0. The summed E-state index contributed by atoms with van der Waals surface area (Å²) in [6, 6.07) is 22.6. The Morgan fingerprint density at radius 1 is 0.818 bits per heavy atom. The minimum absolute atomic E-state index is 0.0162. The minimum Gasteiger partial charge on any atom is -0.508 e. The summed E-state index contributed by atoms with van der Waals surface area (Å²) in [6.07, 6.45) is 4.71. The maximum absolute atomic E-state index is 13.0. The van der Waals surface area contributed by atoms with E-state index in [1.807, 2.05) is 6.07 Å². The molecule has 2 aromatic heterocycles. The minimum atomic E-state index is -0.766. The average molecular weight is 438 g/mol. The molecule has 3 N–H and O–H groups in total. The second kappa shape index (κ2) is 10.2. The maximum atomic E-state index is 13.0. The van der Waals surface area contributed by atoms with Crippen LogP contribution in [0, 0.1) is 0 Å². The van der Waals surface area contributed by atoms with E-state index in [1.165, 1.54) is 12.4 Å². The molecule has 4 aromatic rings. The number of carbonyl (C=O) groups is 1. The van der Waals surface area contributed by atoms with E-state index in [0.29, 0.717) is 16.8 Å². The first-order valence-corrected chi connectivity index (χ1v) is 10.4. The van der Waals surface area contributed by atoms with Crippen molar-refractivity contribution in [2.75, 3.05) is 0 Å². The molecular weight excluding hydrogens is 416 g/mol. The predicted octanol–water partition coefficient (Wildman–Crippen LogP) is 4.22. The lowest BCUT2D eigenvalue weighted by Crippen LogP contribution is -2.33. The maximum Gasteiger partial charge on any atom is 0.270 e. The molecule has 1 amide bonds. The van der Waals surface area contributed by atoms with Crippen molar-refractivity contribution in [3.8, 4) is 11.5 Å². The van der Waals surface area contributed by atoms with Crippen molar-refractivity contribution in [3.05, 3.63) is 120 Å². The largest absolute Gasteiger partial charge is 0.508 e. The summed E-state index contributed by atoms with van der Waals surface area (Å²) in [6.45, 7) is 0. The fraction of sp³-hybridized carbons (Fsp3) is 0.0769. The van der Waals surface area contributed by atoms with Gasteiger partial charge in [-0.3, -0.25) is 19.8 Å². The van der Waals surface area contributed by atoms with Crippen molar-refractivity contribution in [3.63, 3.8) is 0 Å². The highest BCUT2D eigenvalue weighted by molar-refractivity contribution is 5.92. The number of carbonyl (C=O) groups excluding carboxylic acids is 1. The van der Waals surface area contributed by atoms with Crippen LogP contribution in [-0.2, 0) is 0 Å². The Bertz CT molecular complexity index is 1250. The van der Waals surface area contributed by atoms with Crippen LogP contribution in [0.1, 0.15) is 39.4 Å². The summed E-state index contributed by atoms with van der Waals surface area (Å²) >= 11 is 0. The normalized spacial score (nSPS) is 12.8. The third-order valence-electron chi connectivity index (χ3n) is 5.07. The van der Waals surface area contributed by atoms with Gasteiger partial charge in [0.2, 0.25) is 0 Å². The standard InChI is InChI=1S/C26H22N4O3/c31-22-13-3-1-9-18(22)17-29-25(20-11-5-7-15-27-20)24(19-10-2-4-14-23(19)32)30-26(33)21-12-6-8-16-28-21/h1-17,24-25,31-32H,(H,30,33). The van der Waals surface area contributed by atoms with Gasteiger partial charge in [-0.2, -0.15) is 0 Å². The number of amides is 1. The zero-order valence-corrected chi connectivity index (χ0v) is 17.6. The lowest BCUT2D eigenvalue weighted by molar-refractivity contribution is 0.0925. The van der Waals surface area contributed by atoms with Crippen molar-refractivity contribution in [1.82, 2.24) is 15.3 Å². The number of aromatic hydroxyl groups is 2. The molecule has 2 atom stereocenters. The molecule has 0 fully saturated rings. The number of phenols is 2. The van der Waals surface area contributed by atoms with E-state index in [2.05, 4.69) is 15.3 Å². The summed E-state index contributed by atoms with van der Waals surface area (Å²) in [5, 5.41) is 23.7. The smallest absolute Gasteiger partial charge is 0.270 e. The average Bonchev–Trinajstić information content (AvgIpc) is 2.86. The van der Waals surface area contributed by atoms with Crippen LogP contribution in [0.4, 0.5) is 0 Å². The zero-order valence-electron chi connectivity index (χ0n) is 17.6. The molecule has 164 valence electrons. The number of rotatable bonds is 7. The summed E-state index contributed by atoms with van der Waals surface area (Å²) in [4.78, 5) is 26.3. The van der Waals surface area contributed by atoms with Crippen molar-refractivity contribution in [2.45, 2.75) is 12.1 Å². The van der Waals surface area contributed by atoms with Crippen molar-refractivity contribution in [2.24, 2.45) is 4.99 Å². The quantitative estimate of drug-likeness (QED) is 0.375. The molecule has 0 saturated heterocycles. The number of hydrogen-bond acceptors (Lipinski definition) is 6. The Hall–Kier alpha value is -4.52. The predicted molar refractivity (Wildman–Crippen MR) is 125 cm³/mol. The van der Waals surface area contributed by atoms with E-state index < -0.39 is 18.0 Å². The first-order chi connectivity index (χ1) is 16.1. The zero-order chi connectivity index (χ0) is 23.0. The highest BCUT2D eigenvalue weighted by atomic mass is 16.3. The second-order valence-electron chi connectivity index (χ2n) is 7.26. The van der Waals surface area contributed by atoms with Gasteiger partial charge in [0.15, 0.2) is 0 Å². The molecular formula is C26H22N4O3. The second-order valence-corrected chi connectivity index (χ2v) is 7.26. The molecule has 2 heterocycles. The first kappa shape index (κ1) is 21.7.